The third-order valence-electron chi connectivity index (χ3n) is 2.54. The van der Waals surface area contributed by atoms with E-state index < -0.39 is 5.82 Å². The molecule has 1 aliphatic rings. The molecule has 0 atom stereocenters. The fourth-order valence-electron chi connectivity index (χ4n) is 1.46. The minimum absolute atomic E-state index is 0.201. The maximum atomic E-state index is 13.2. The Kier molecular flexibility index (Phi) is 3.36. The summed E-state index contributed by atoms with van der Waals surface area (Å²) in [7, 11) is 0. The summed E-state index contributed by atoms with van der Waals surface area (Å²) in [6, 6.07) is 5.73. The van der Waals surface area contributed by atoms with Gasteiger partial charge >= 0.3 is 6.03 Å². The molecule has 0 aromatic heterocycles. The quantitative estimate of drug-likeness (QED) is 0.720. The van der Waals surface area contributed by atoms with Gasteiger partial charge in [0.1, 0.15) is 5.82 Å². The molecule has 0 bridgehead atoms. The molecule has 4 nitrogen and oxygen atoms in total. The van der Waals surface area contributed by atoms with Crippen molar-refractivity contribution >= 4 is 11.7 Å². The van der Waals surface area contributed by atoms with Gasteiger partial charge in [-0.05, 0) is 12.1 Å². The van der Waals surface area contributed by atoms with E-state index in [2.05, 4.69) is 16.0 Å². The van der Waals surface area contributed by atoms with E-state index in [0.717, 1.165) is 13.1 Å². The van der Waals surface area contributed by atoms with Crippen molar-refractivity contribution in [1.29, 1.82) is 0 Å². The van der Waals surface area contributed by atoms with Crippen LogP contribution in [0, 0.1) is 11.7 Å². The normalized spacial score (nSPS) is 15.3. The SMILES string of the molecule is O=C(NCC1CNC1)Nc1ccccc1F. The van der Waals surface area contributed by atoms with Crippen LogP contribution in [0.1, 0.15) is 0 Å². The van der Waals surface area contributed by atoms with E-state index in [1.807, 2.05) is 0 Å². The zero-order chi connectivity index (χ0) is 11.4. The van der Waals surface area contributed by atoms with Crippen LogP contribution in [0.5, 0.6) is 0 Å². The predicted octanol–water partition coefficient (Wildman–Crippen LogP) is 1.17. The van der Waals surface area contributed by atoms with Gasteiger partial charge in [-0.1, -0.05) is 12.1 Å². The average molecular weight is 223 g/mol. The van der Waals surface area contributed by atoms with Gasteiger partial charge < -0.3 is 16.0 Å². The molecular formula is C11H14FN3O. The molecule has 0 spiro atoms. The zero-order valence-corrected chi connectivity index (χ0v) is 8.79. The molecule has 86 valence electrons. The minimum Gasteiger partial charge on any atom is -0.337 e. The molecule has 0 aliphatic carbocycles. The average Bonchev–Trinajstić information content (AvgIpc) is 2.19. The first-order chi connectivity index (χ1) is 7.75. The summed E-state index contributed by atoms with van der Waals surface area (Å²) in [4.78, 5) is 11.4. The Labute approximate surface area is 93.2 Å². The summed E-state index contributed by atoms with van der Waals surface area (Å²) in [5.41, 5.74) is 0.201. The lowest BCUT2D eigenvalue weighted by molar-refractivity contribution is 0.246. The number of hydrogen-bond donors (Lipinski definition) is 3. The number of hydrogen-bond acceptors (Lipinski definition) is 2. The molecule has 1 aromatic carbocycles. The van der Waals surface area contributed by atoms with E-state index in [1.165, 1.54) is 12.1 Å². The van der Waals surface area contributed by atoms with Crippen LogP contribution in [-0.2, 0) is 0 Å². The highest BCUT2D eigenvalue weighted by Crippen LogP contribution is 2.11. The van der Waals surface area contributed by atoms with Crippen molar-refractivity contribution in [2.45, 2.75) is 0 Å². The molecule has 16 heavy (non-hydrogen) atoms. The Balaban J connectivity index is 1.80. The molecule has 3 N–H and O–H groups in total. The van der Waals surface area contributed by atoms with E-state index in [1.54, 1.807) is 12.1 Å². The van der Waals surface area contributed by atoms with Gasteiger partial charge in [0.25, 0.3) is 0 Å². The van der Waals surface area contributed by atoms with Gasteiger partial charge in [0.05, 0.1) is 5.69 Å². The number of halogens is 1. The van der Waals surface area contributed by atoms with Crippen LogP contribution < -0.4 is 16.0 Å². The van der Waals surface area contributed by atoms with E-state index in [4.69, 9.17) is 0 Å². The smallest absolute Gasteiger partial charge is 0.319 e. The molecule has 0 radical (unpaired) electrons. The highest BCUT2D eigenvalue weighted by atomic mass is 19.1. The zero-order valence-electron chi connectivity index (χ0n) is 8.79. The second kappa shape index (κ2) is 4.94. The minimum atomic E-state index is -0.428. The van der Waals surface area contributed by atoms with Gasteiger partial charge in [-0.15, -0.1) is 0 Å². The lowest BCUT2D eigenvalue weighted by Gasteiger charge is -2.27. The molecule has 2 amide bonds. The molecule has 0 unspecified atom stereocenters. The lowest BCUT2D eigenvalue weighted by atomic mass is 10.0. The van der Waals surface area contributed by atoms with E-state index in [9.17, 15) is 9.18 Å². The van der Waals surface area contributed by atoms with Crippen LogP contribution in [0.3, 0.4) is 0 Å². The van der Waals surface area contributed by atoms with Crippen molar-refractivity contribution in [3.8, 4) is 0 Å². The topological polar surface area (TPSA) is 53.2 Å². The second-order valence-electron chi connectivity index (χ2n) is 3.84. The Bertz CT molecular complexity index is 379. The van der Waals surface area contributed by atoms with Crippen LogP contribution in [-0.4, -0.2) is 25.7 Å². The van der Waals surface area contributed by atoms with E-state index in [-0.39, 0.29) is 11.7 Å². The fourth-order valence-corrected chi connectivity index (χ4v) is 1.46. The number of benzene rings is 1. The van der Waals surface area contributed by atoms with Crippen molar-refractivity contribution in [2.24, 2.45) is 5.92 Å². The summed E-state index contributed by atoms with van der Waals surface area (Å²) in [5, 5.41) is 8.28. The van der Waals surface area contributed by atoms with Crippen molar-refractivity contribution in [3.63, 3.8) is 0 Å². The number of anilines is 1. The summed E-state index contributed by atoms with van der Waals surface area (Å²) in [6.45, 7) is 2.48. The first-order valence-electron chi connectivity index (χ1n) is 5.26. The van der Waals surface area contributed by atoms with Gasteiger partial charge in [0.2, 0.25) is 0 Å². The van der Waals surface area contributed by atoms with Gasteiger partial charge in [0.15, 0.2) is 0 Å². The monoisotopic (exact) mass is 223 g/mol. The Morgan fingerprint density at radius 3 is 2.81 bits per heavy atom. The van der Waals surface area contributed by atoms with Gasteiger partial charge in [0, 0.05) is 25.6 Å². The van der Waals surface area contributed by atoms with E-state index in [0.29, 0.717) is 12.5 Å². The molecule has 1 aliphatic heterocycles. The van der Waals surface area contributed by atoms with Gasteiger partial charge in [-0.2, -0.15) is 0 Å². The molecule has 2 rings (SSSR count). The standard InChI is InChI=1S/C11H14FN3O/c12-9-3-1-2-4-10(9)15-11(16)14-7-8-5-13-6-8/h1-4,8,13H,5-7H2,(H2,14,15,16). The molecule has 1 saturated heterocycles. The highest BCUT2D eigenvalue weighted by molar-refractivity contribution is 5.89. The number of nitrogens with one attached hydrogen (secondary N) is 3. The predicted molar refractivity (Wildman–Crippen MR) is 59.8 cm³/mol. The molecule has 1 heterocycles. The lowest BCUT2D eigenvalue weighted by Crippen LogP contribution is -2.48. The van der Waals surface area contributed by atoms with Crippen LogP contribution in [0.4, 0.5) is 14.9 Å². The Morgan fingerprint density at radius 2 is 2.19 bits per heavy atom. The number of carbonyl (C=O) groups is 1. The van der Waals surface area contributed by atoms with Crippen molar-refractivity contribution < 1.29 is 9.18 Å². The molecule has 1 aromatic rings. The van der Waals surface area contributed by atoms with Crippen molar-refractivity contribution in [1.82, 2.24) is 10.6 Å². The highest BCUT2D eigenvalue weighted by Gasteiger charge is 2.17. The third kappa shape index (κ3) is 2.70. The maximum absolute atomic E-state index is 13.2. The maximum Gasteiger partial charge on any atom is 0.319 e. The summed E-state index contributed by atoms with van der Waals surface area (Å²) in [6.07, 6.45) is 0. The number of rotatable bonds is 3. The summed E-state index contributed by atoms with van der Waals surface area (Å²) >= 11 is 0. The molecule has 5 heteroatoms. The number of urea groups is 1. The van der Waals surface area contributed by atoms with Crippen LogP contribution >= 0.6 is 0 Å². The summed E-state index contributed by atoms with van der Waals surface area (Å²) < 4.78 is 13.2. The first kappa shape index (κ1) is 10.9. The fraction of sp³-hybridized carbons (Fsp3) is 0.364. The second-order valence-corrected chi connectivity index (χ2v) is 3.84. The molecular weight excluding hydrogens is 209 g/mol. The number of para-hydroxylation sites is 1. The van der Waals surface area contributed by atoms with E-state index >= 15 is 0 Å². The number of amides is 2. The van der Waals surface area contributed by atoms with Crippen LogP contribution in [0.2, 0.25) is 0 Å². The van der Waals surface area contributed by atoms with Gasteiger partial charge in [-0.3, -0.25) is 0 Å². The molecule has 0 saturated carbocycles. The van der Waals surface area contributed by atoms with Crippen LogP contribution in [0.15, 0.2) is 24.3 Å². The summed E-state index contributed by atoms with van der Waals surface area (Å²) in [5.74, 6) is 0.0642. The van der Waals surface area contributed by atoms with Crippen molar-refractivity contribution in [2.75, 3.05) is 25.0 Å². The largest absolute Gasteiger partial charge is 0.337 e. The Morgan fingerprint density at radius 1 is 1.44 bits per heavy atom. The van der Waals surface area contributed by atoms with Crippen molar-refractivity contribution in [3.05, 3.63) is 30.1 Å². The van der Waals surface area contributed by atoms with Gasteiger partial charge in [-0.25, -0.2) is 9.18 Å². The third-order valence-corrected chi connectivity index (χ3v) is 2.54. The molecule has 1 fully saturated rings. The Hall–Kier alpha value is -1.62. The first-order valence-corrected chi connectivity index (χ1v) is 5.26. The van der Waals surface area contributed by atoms with Crippen LogP contribution in [0.25, 0.3) is 0 Å². The number of carbonyl (C=O) groups excluding carboxylic acids is 1.